The van der Waals surface area contributed by atoms with Crippen molar-refractivity contribution >= 4 is 75.9 Å². The maximum absolute atomic E-state index is 9.98. The summed E-state index contributed by atoms with van der Waals surface area (Å²) >= 11 is 0. The summed E-state index contributed by atoms with van der Waals surface area (Å²) in [5.74, 6) is 0. The molecule has 0 fully saturated rings. The first kappa shape index (κ1) is 37.3. The van der Waals surface area contributed by atoms with Gasteiger partial charge in [0.25, 0.3) is 0 Å². The topological polar surface area (TPSA) is 57.4 Å². The van der Waals surface area contributed by atoms with Crippen molar-refractivity contribution in [3.8, 4) is 56.9 Å². The number of rotatable bonds is 5. The van der Waals surface area contributed by atoms with Crippen LogP contribution in [0.4, 0.5) is 0 Å². The van der Waals surface area contributed by atoms with Gasteiger partial charge in [-0.3, -0.25) is 0 Å². The molecule has 0 unspecified atom stereocenters. The summed E-state index contributed by atoms with van der Waals surface area (Å²) in [6.45, 7) is 0. The molecule has 0 amide bonds. The Bertz CT molecular complexity index is 4180. The molecule has 0 bridgehead atoms. The van der Waals surface area contributed by atoms with E-state index in [0.717, 1.165) is 71.7 Å². The van der Waals surface area contributed by atoms with Crippen molar-refractivity contribution in [2.45, 2.75) is 0 Å². The molecular formula is C62H36N4. The minimum absolute atomic E-state index is 0.643. The molecule has 11 aromatic carbocycles. The third-order valence-corrected chi connectivity index (χ3v) is 13.5. The predicted octanol–water partition coefficient (Wildman–Crippen LogP) is 16.1. The van der Waals surface area contributed by atoms with Gasteiger partial charge < -0.3 is 9.13 Å². The van der Waals surface area contributed by atoms with E-state index < -0.39 is 0 Å². The molecule has 0 saturated heterocycles. The first-order valence-corrected chi connectivity index (χ1v) is 22.2. The van der Waals surface area contributed by atoms with Crippen LogP contribution in [0.15, 0.2) is 218 Å². The number of para-hydroxylation sites is 2. The van der Waals surface area contributed by atoms with Gasteiger partial charge in [0, 0.05) is 32.9 Å². The lowest BCUT2D eigenvalue weighted by Gasteiger charge is -2.20. The Hall–Kier alpha value is -9.22. The Balaban J connectivity index is 1.02. The van der Waals surface area contributed by atoms with E-state index in [1.54, 1.807) is 0 Å². The molecule has 4 nitrogen and oxygen atoms in total. The third-order valence-electron chi connectivity index (χ3n) is 13.5. The molecule has 13 aromatic rings. The number of fused-ring (bicyclic) bond motifs is 9. The maximum atomic E-state index is 9.98. The second-order valence-electron chi connectivity index (χ2n) is 17.0. The number of aromatic nitrogens is 2. The second-order valence-corrected chi connectivity index (χ2v) is 17.0. The van der Waals surface area contributed by atoms with Crippen LogP contribution in [0.2, 0.25) is 0 Å². The van der Waals surface area contributed by atoms with Gasteiger partial charge in [-0.15, -0.1) is 0 Å². The van der Waals surface area contributed by atoms with Crippen molar-refractivity contribution in [1.29, 1.82) is 10.5 Å². The lowest BCUT2D eigenvalue weighted by molar-refractivity contribution is 1.18. The lowest BCUT2D eigenvalue weighted by Crippen LogP contribution is -1.94. The molecule has 0 radical (unpaired) electrons. The summed E-state index contributed by atoms with van der Waals surface area (Å²) in [5.41, 5.74) is 14.8. The largest absolute Gasteiger partial charge is 0.309 e. The van der Waals surface area contributed by atoms with Crippen LogP contribution in [-0.2, 0) is 0 Å². The van der Waals surface area contributed by atoms with Crippen molar-refractivity contribution in [3.05, 3.63) is 230 Å². The van der Waals surface area contributed by atoms with Gasteiger partial charge in [0.2, 0.25) is 0 Å². The van der Waals surface area contributed by atoms with Gasteiger partial charge >= 0.3 is 0 Å². The highest BCUT2D eigenvalue weighted by Gasteiger charge is 2.22. The van der Waals surface area contributed by atoms with E-state index in [9.17, 15) is 10.5 Å². The van der Waals surface area contributed by atoms with Crippen molar-refractivity contribution in [2.24, 2.45) is 0 Å². The summed E-state index contributed by atoms with van der Waals surface area (Å²) in [7, 11) is 0. The highest BCUT2D eigenvalue weighted by Crippen LogP contribution is 2.48. The second kappa shape index (κ2) is 14.7. The van der Waals surface area contributed by atoms with Crippen molar-refractivity contribution in [3.63, 3.8) is 0 Å². The smallest absolute Gasteiger partial charge is 0.0991 e. The number of hydrogen-bond acceptors (Lipinski definition) is 2. The van der Waals surface area contributed by atoms with Gasteiger partial charge in [0.1, 0.15) is 0 Å². The van der Waals surface area contributed by atoms with Crippen LogP contribution in [0.3, 0.4) is 0 Å². The summed E-state index contributed by atoms with van der Waals surface area (Å²) in [4.78, 5) is 0. The van der Waals surface area contributed by atoms with E-state index in [0.29, 0.717) is 11.1 Å². The van der Waals surface area contributed by atoms with Crippen LogP contribution >= 0.6 is 0 Å². The zero-order valence-electron chi connectivity index (χ0n) is 35.6. The summed E-state index contributed by atoms with van der Waals surface area (Å²) < 4.78 is 4.59. The maximum Gasteiger partial charge on any atom is 0.0991 e. The fraction of sp³-hybridized carbons (Fsp3) is 0. The lowest BCUT2D eigenvalue weighted by atomic mass is 9.83. The Morgan fingerprint density at radius 3 is 1.12 bits per heavy atom. The molecule has 66 heavy (non-hydrogen) atoms. The SMILES string of the molecule is N#Cc1ccc2c(c1)c1cc(-c3ccc(-c4c5ccccc5c(-c5ccc6c(c5)c5cc(C#N)ccc5n6-c5ccccc5)c5ccccc45)c4ccccc34)ccc1n2-c1ccccc1. The van der Waals surface area contributed by atoms with E-state index in [1.165, 1.54) is 49.0 Å². The fourth-order valence-corrected chi connectivity index (χ4v) is 10.7. The Kier molecular flexibility index (Phi) is 8.31. The summed E-state index contributed by atoms with van der Waals surface area (Å²) in [5, 5.41) is 31.3. The monoisotopic (exact) mass is 836 g/mol. The quantitative estimate of drug-likeness (QED) is 0.162. The molecule has 0 N–H and O–H groups in total. The molecule has 0 atom stereocenters. The zero-order chi connectivity index (χ0) is 43.9. The molecule has 2 heterocycles. The number of benzene rings is 11. The minimum Gasteiger partial charge on any atom is -0.309 e. The Labute approximate surface area is 380 Å². The van der Waals surface area contributed by atoms with Gasteiger partial charge in [0.15, 0.2) is 0 Å². The summed E-state index contributed by atoms with van der Waals surface area (Å²) in [6.07, 6.45) is 0. The molecule has 4 heteroatoms. The van der Waals surface area contributed by atoms with E-state index in [4.69, 9.17) is 0 Å². The minimum atomic E-state index is 0.643. The predicted molar refractivity (Wildman–Crippen MR) is 273 cm³/mol. The highest BCUT2D eigenvalue weighted by molar-refractivity contribution is 6.25. The van der Waals surface area contributed by atoms with Gasteiger partial charge in [-0.2, -0.15) is 10.5 Å². The zero-order valence-corrected chi connectivity index (χ0v) is 35.6. The van der Waals surface area contributed by atoms with Crippen LogP contribution in [0.1, 0.15) is 11.1 Å². The van der Waals surface area contributed by atoms with Gasteiger partial charge in [-0.25, -0.2) is 0 Å². The summed E-state index contributed by atoms with van der Waals surface area (Å²) in [6, 6.07) is 82.3. The van der Waals surface area contributed by atoms with E-state index in [2.05, 4.69) is 203 Å². The van der Waals surface area contributed by atoms with Crippen LogP contribution in [-0.4, -0.2) is 9.13 Å². The molecule has 0 aliphatic heterocycles. The van der Waals surface area contributed by atoms with Gasteiger partial charge in [0.05, 0.1) is 45.3 Å². The Morgan fingerprint density at radius 1 is 0.273 bits per heavy atom. The first-order valence-electron chi connectivity index (χ1n) is 22.2. The molecule has 2 aromatic heterocycles. The van der Waals surface area contributed by atoms with Crippen molar-refractivity contribution in [1.82, 2.24) is 9.13 Å². The molecular weight excluding hydrogens is 801 g/mol. The molecule has 0 saturated carbocycles. The molecule has 0 aliphatic rings. The average molecular weight is 837 g/mol. The Morgan fingerprint density at radius 2 is 0.636 bits per heavy atom. The van der Waals surface area contributed by atoms with Crippen LogP contribution in [0.5, 0.6) is 0 Å². The van der Waals surface area contributed by atoms with Crippen molar-refractivity contribution in [2.75, 3.05) is 0 Å². The standard InChI is InChI=1S/C62H36N4/c63-37-39-23-29-57-53(33-39)55-35-41(25-31-59(55)65(57)43-13-3-1-4-14-43)45-27-28-52(47-18-8-7-17-46(45)47)62-50-21-11-9-19-48(50)61(49-20-10-12-22-51(49)62)42-26-32-60-56(36-42)54-34-40(38-64)24-30-58(54)66(60)44-15-5-2-6-16-44/h1-36H. The molecule has 304 valence electrons. The van der Waals surface area contributed by atoms with E-state index >= 15 is 0 Å². The van der Waals surface area contributed by atoms with Gasteiger partial charge in [-0.1, -0.05) is 133 Å². The van der Waals surface area contributed by atoms with E-state index in [1.807, 2.05) is 36.4 Å². The molecule has 13 rings (SSSR count). The first-order chi connectivity index (χ1) is 32.7. The van der Waals surface area contributed by atoms with Crippen molar-refractivity contribution < 1.29 is 0 Å². The third kappa shape index (κ3) is 5.56. The number of nitriles is 2. The molecule has 0 spiro atoms. The number of hydrogen-bond donors (Lipinski definition) is 0. The van der Waals surface area contributed by atoms with Crippen LogP contribution in [0, 0.1) is 22.7 Å². The molecule has 0 aliphatic carbocycles. The van der Waals surface area contributed by atoms with E-state index in [-0.39, 0.29) is 0 Å². The highest BCUT2D eigenvalue weighted by atomic mass is 15.0. The average Bonchev–Trinajstić information content (AvgIpc) is 3.89. The normalized spacial score (nSPS) is 11.6. The fourth-order valence-electron chi connectivity index (χ4n) is 10.7. The number of nitrogens with zero attached hydrogens (tertiary/aromatic N) is 4. The van der Waals surface area contributed by atoms with Crippen LogP contribution in [0.25, 0.3) is 121 Å². The van der Waals surface area contributed by atoms with Crippen LogP contribution < -0.4 is 0 Å². The van der Waals surface area contributed by atoms with Gasteiger partial charge in [-0.05, 0) is 151 Å².